The molecule has 18 heavy (non-hydrogen) atoms. The van der Waals surface area contributed by atoms with Crippen molar-refractivity contribution in [2.45, 2.75) is 4.90 Å². The number of nitrogens with zero attached hydrogens (tertiary/aromatic N) is 1. The zero-order chi connectivity index (χ0) is 13.9. The molecule has 0 aliphatic heterocycles. The standard InChI is InChI=1S/C8H11N3O6S/c1-11-3-5(2-6(11)8(13)14)18(15,16)10-17-4-7(9)12/h2-3,10H,4H2,1H3,(H2,9,12)(H,13,14). The Kier molecular flexibility index (Phi) is 4.06. The van der Waals surface area contributed by atoms with E-state index >= 15 is 0 Å². The Morgan fingerprint density at radius 1 is 1.56 bits per heavy atom. The maximum Gasteiger partial charge on any atom is 0.352 e. The Morgan fingerprint density at radius 2 is 2.17 bits per heavy atom. The largest absolute Gasteiger partial charge is 0.477 e. The van der Waals surface area contributed by atoms with Gasteiger partial charge in [0.25, 0.3) is 10.0 Å². The van der Waals surface area contributed by atoms with Gasteiger partial charge in [0.2, 0.25) is 5.91 Å². The number of rotatable bonds is 6. The summed E-state index contributed by atoms with van der Waals surface area (Å²) in [5, 5.41) is 8.77. The van der Waals surface area contributed by atoms with Crippen LogP contribution >= 0.6 is 0 Å². The molecule has 0 spiro atoms. The lowest BCUT2D eigenvalue weighted by atomic mass is 10.4. The fourth-order valence-electron chi connectivity index (χ4n) is 1.12. The minimum absolute atomic E-state index is 0.203. The van der Waals surface area contributed by atoms with Crippen molar-refractivity contribution in [3.05, 3.63) is 18.0 Å². The zero-order valence-electron chi connectivity index (χ0n) is 9.28. The normalized spacial score (nSPS) is 11.4. The van der Waals surface area contributed by atoms with Gasteiger partial charge in [-0.15, -0.1) is 0 Å². The second-order valence-electron chi connectivity index (χ2n) is 3.32. The Hall–Kier alpha value is -1.91. The summed E-state index contributed by atoms with van der Waals surface area (Å²) in [7, 11) is -2.67. The summed E-state index contributed by atoms with van der Waals surface area (Å²) >= 11 is 0. The van der Waals surface area contributed by atoms with Crippen LogP contribution < -0.4 is 10.6 Å². The fourth-order valence-corrected chi connectivity index (χ4v) is 1.99. The number of nitrogens with one attached hydrogen (secondary N) is 1. The first-order valence-corrected chi connectivity index (χ1v) is 6.04. The van der Waals surface area contributed by atoms with Crippen LogP contribution in [-0.4, -0.2) is 36.6 Å². The minimum atomic E-state index is -4.06. The van der Waals surface area contributed by atoms with E-state index in [2.05, 4.69) is 4.84 Å². The van der Waals surface area contributed by atoms with Crippen LogP contribution in [0.5, 0.6) is 0 Å². The molecule has 0 aliphatic carbocycles. The average molecular weight is 277 g/mol. The lowest BCUT2D eigenvalue weighted by molar-refractivity contribution is -0.123. The van der Waals surface area contributed by atoms with Crippen molar-refractivity contribution >= 4 is 21.9 Å². The van der Waals surface area contributed by atoms with Gasteiger partial charge in [-0.3, -0.25) is 9.63 Å². The number of primary amides is 1. The van der Waals surface area contributed by atoms with Gasteiger partial charge < -0.3 is 15.4 Å². The average Bonchev–Trinajstić information content (AvgIpc) is 2.60. The molecule has 0 unspecified atom stereocenters. The Labute approximate surface area is 102 Å². The number of amides is 1. The third-order valence-electron chi connectivity index (χ3n) is 1.89. The molecule has 0 saturated heterocycles. The SMILES string of the molecule is Cn1cc(S(=O)(=O)NOCC(N)=O)cc1C(=O)O. The van der Waals surface area contributed by atoms with Crippen LogP contribution in [0.1, 0.15) is 10.5 Å². The lowest BCUT2D eigenvalue weighted by Crippen LogP contribution is -2.29. The molecule has 1 aromatic heterocycles. The number of nitrogens with two attached hydrogens (primary N) is 1. The van der Waals surface area contributed by atoms with Gasteiger partial charge in [-0.1, -0.05) is 4.89 Å². The number of carbonyl (C=O) groups is 2. The van der Waals surface area contributed by atoms with Gasteiger partial charge in [-0.25, -0.2) is 13.2 Å². The summed E-state index contributed by atoms with van der Waals surface area (Å²) in [4.78, 5) is 26.8. The molecule has 0 fully saturated rings. The highest BCUT2D eigenvalue weighted by Gasteiger charge is 2.20. The molecular weight excluding hydrogens is 266 g/mol. The fraction of sp³-hybridized carbons (Fsp3) is 0.250. The van der Waals surface area contributed by atoms with Gasteiger partial charge in [0.15, 0.2) is 0 Å². The van der Waals surface area contributed by atoms with E-state index in [0.717, 1.165) is 16.8 Å². The van der Waals surface area contributed by atoms with Crippen LogP contribution in [-0.2, 0) is 26.7 Å². The van der Waals surface area contributed by atoms with Crippen LogP contribution in [0.15, 0.2) is 17.2 Å². The topological polar surface area (TPSA) is 141 Å². The highest BCUT2D eigenvalue weighted by Crippen LogP contribution is 2.13. The molecule has 4 N–H and O–H groups in total. The number of carboxylic acid groups (broad SMARTS) is 1. The number of aromatic nitrogens is 1. The van der Waals surface area contributed by atoms with E-state index in [1.807, 2.05) is 0 Å². The van der Waals surface area contributed by atoms with Crippen LogP contribution in [0.4, 0.5) is 0 Å². The molecule has 1 rings (SSSR count). The Balaban J connectivity index is 2.89. The Bertz CT molecular complexity index is 576. The quantitative estimate of drug-likeness (QED) is 0.536. The van der Waals surface area contributed by atoms with Gasteiger partial charge >= 0.3 is 5.97 Å². The summed E-state index contributed by atoms with van der Waals surface area (Å²) < 4.78 is 24.3. The third kappa shape index (κ3) is 3.29. The second kappa shape index (κ2) is 5.16. The zero-order valence-corrected chi connectivity index (χ0v) is 10.1. The maximum absolute atomic E-state index is 11.6. The van der Waals surface area contributed by atoms with E-state index in [1.165, 1.54) is 7.05 Å². The maximum atomic E-state index is 11.6. The Morgan fingerprint density at radius 3 is 2.61 bits per heavy atom. The summed E-state index contributed by atoms with van der Waals surface area (Å²) in [6.45, 7) is -0.627. The molecule has 0 aliphatic rings. The van der Waals surface area contributed by atoms with E-state index in [0.29, 0.717) is 0 Å². The summed E-state index contributed by atoms with van der Waals surface area (Å²) in [5.41, 5.74) is 4.54. The molecule has 1 heterocycles. The number of hydrogen-bond donors (Lipinski definition) is 3. The van der Waals surface area contributed by atoms with Gasteiger partial charge in [-0.05, 0) is 6.07 Å². The minimum Gasteiger partial charge on any atom is -0.477 e. The number of carboxylic acids is 1. The highest BCUT2D eigenvalue weighted by atomic mass is 32.2. The molecule has 10 heteroatoms. The lowest BCUT2D eigenvalue weighted by Gasteiger charge is -2.03. The molecule has 9 nitrogen and oxygen atoms in total. The second-order valence-corrected chi connectivity index (χ2v) is 4.96. The summed E-state index contributed by atoms with van der Waals surface area (Å²) in [6, 6.07) is 0.957. The van der Waals surface area contributed by atoms with Gasteiger partial charge in [-0.2, -0.15) is 0 Å². The van der Waals surface area contributed by atoms with Crippen molar-refractivity contribution in [3.8, 4) is 0 Å². The number of sulfonamides is 1. The molecular formula is C8H11N3O6S. The molecule has 0 bridgehead atoms. The van der Waals surface area contributed by atoms with Gasteiger partial charge in [0.05, 0.1) is 0 Å². The molecule has 100 valence electrons. The molecule has 1 amide bonds. The van der Waals surface area contributed by atoms with Crippen molar-refractivity contribution in [1.82, 2.24) is 9.45 Å². The van der Waals surface area contributed by atoms with Crippen molar-refractivity contribution in [3.63, 3.8) is 0 Å². The molecule has 0 radical (unpaired) electrons. The van der Waals surface area contributed by atoms with Crippen LogP contribution in [0.25, 0.3) is 0 Å². The van der Waals surface area contributed by atoms with Gasteiger partial charge in [0, 0.05) is 13.2 Å². The molecule has 0 atom stereocenters. The molecule has 1 aromatic rings. The predicted molar refractivity (Wildman–Crippen MR) is 57.8 cm³/mol. The van der Waals surface area contributed by atoms with Crippen LogP contribution in [0.2, 0.25) is 0 Å². The van der Waals surface area contributed by atoms with Crippen molar-refractivity contribution in [2.75, 3.05) is 6.61 Å². The van der Waals surface area contributed by atoms with Crippen LogP contribution in [0.3, 0.4) is 0 Å². The number of aromatic carboxylic acids is 1. The van der Waals surface area contributed by atoms with Crippen molar-refractivity contribution in [1.29, 1.82) is 0 Å². The first-order chi connectivity index (χ1) is 8.24. The monoisotopic (exact) mass is 277 g/mol. The van der Waals surface area contributed by atoms with E-state index in [-0.39, 0.29) is 10.6 Å². The van der Waals surface area contributed by atoms with E-state index < -0.39 is 28.5 Å². The van der Waals surface area contributed by atoms with E-state index in [1.54, 1.807) is 4.89 Å². The van der Waals surface area contributed by atoms with Gasteiger partial charge in [0.1, 0.15) is 17.2 Å². The number of hydrogen-bond acceptors (Lipinski definition) is 5. The van der Waals surface area contributed by atoms with E-state index in [9.17, 15) is 18.0 Å². The first-order valence-electron chi connectivity index (χ1n) is 4.55. The van der Waals surface area contributed by atoms with Crippen LogP contribution in [0, 0.1) is 0 Å². The summed E-state index contributed by atoms with van der Waals surface area (Å²) in [6.07, 6.45) is 1.10. The first kappa shape index (κ1) is 14.2. The van der Waals surface area contributed by atoms with Crippen molar-refractivity contribution < 1.29 is 28.0 Å². The highest BCUT2D eigenvalue weighted by molar-refractivity contribution is 7.89. The number of carbonyl (C=O) groups excluding carboxylic acids is 1. The number of aryl methyl sites for hydroxylation is 1. The molecule has 0 aromatic carbocycles. The predicted octanol–water partition coefficient (Wildman–Crippen LogP) is -1.58. The molecule has 0 saturated carbocycles. The van der Waals surface area contributed by atoms with Crippen molar-refractivity contribution in [2.24, 2.45) is 12.8 Å². The van der Waals surface area contributed by atoms with E-state index in [4.69, 9.17) is 10.8 Å². The third-order valence-corrected chi connectivity index (χ3v) is 3.07. The summed E-state index contributed by atoms with van der Waals surface area (Å²) in [5.74, 6) is -2.12. The smallest absolute Gasteiger partial charge is 0.352 e.